The summed E-state index contributed by atoms with van der Waals surface area (Å²) < 4.78 is 11.9. The zero-order valence-electron chi connectivity index (χ0n) is 13.2. The van der Waals surface area contributed by atoms with E-state index in [0.717, 1.165) is 18.1 Å². The molecule has 0 bridgehead atoms. The summed E-state index contributed by atoms with van der Waals surface area (Å²) in [4.78, 5) is 0. The van der Waals surface area contributed by atoms with Gasteiger partial charge in [0.25, 0.3) is 0 Å². The number of hydrogen-bond donors (Lipinski definition) is 1. The summed E-state index contributed by atoms with van der Waals surface area (Å²) in [7, 11) is 0. The van der Waals surface area contributed by atoms with Gasteiger partial charge in [-0.15, -0.1) is 0 Å². The quantitative estimate of drug-likeness (QED) is 0.787. The second-order valence-corrected chi connectivity index (χ2v) is 6.28. The first-order valence-corrected chi connectivity index (χ1v) is 8.08. The van der Waals surface area contributed by atoms with Crippen LogP contribution in [0.15, 0.2) is 10.5 Å². The maximum atomic E-state index is 6.03. The third-order valence-corrected chi connectivity index (χ3v) is 4.01. The SMILES string of the molecule is Cc1cc(COC2CCCCCC2)oc1CNC(C)C. The van der Waals surface area contributed by atoms with Gasteiger partial charge in [0, 0.05) is 6.04 Å². The lowest BCUT2D eigenvalue weighted by Crippen LogP contribution is -2.21. The molecule has 0 aromatic carbocycles. The maximum Gasteiger partial charge on any atom is 0.130 e. The van der Waals surface area contributed by atoms with Crippen LogP contribution < -0.4 is 5.32 Å². The normalized spacial score (nSPS) is 17.6. The molecule has 3 heteroatoms. The Bertz CT molecular complexity index is 390. The largest absolute Gasteiger partial charge is 0.462 e. The number of rotatable bonds is 6. The smallest absolute Gasteiger partial charge is 0.130 e. The van der Waals surface area contributed by atoms with E-state index in [9.17, 15) is 0 Å². The highest BCUT2D eigenvalue weighted by atomic mass is 16.5. The van der Waals surface area contributed by atoms with Crippen LogP contribution in [0.5, 0.6) is 0 Å². The molecule has 0 atom stereocenters. The molecule has 0 saturated heterocycles. The van der Waals surface area contributed by atoms with Gasteiger partial charge in [-0.3, -0.25) is 0 Å². The third-order valence-electron chi connectivity index (χ3n) is 4.01. The Hall–Kier alpha value is -0.800. The predicted molar refractivity (Wildman–Crippen MR) is 81.7 cm³/mol. The van der Waals surface area contributed by atoms with Gasteiger partial charge in [0.05, 0.1) is 12.6 Å². The average molecular weight is 279 g/mol. The Morgan fingerprint density at radius 1 is 1.25 bits per heavy atom. The molecular weight excluding hydrogens is 250 g/mol. The zero-order chi connectivity index (χ0) is 14.4. The average Bonchev–Trinajstić information content (AvgIpc) is 2.63. The van der Waals surface area contributed by atoms with Crippen LogP contribution in [0.25, 0.3) is 0 Å². The van der Waals surface area contributed by atoms with Crippen LogP contribution >= 0.6 is 0 Å². The molecule has 1 saturated carbocycles. The molecule has 1 aromatic heterocycles. The van der Waals surface area contributed by atoms with Gasteiger partial charge in [0.15, 0.2) is 0 Å². The van der Waals surface area contributed by atoms with Crippen LogP contribution in [0.4, 0.5) is 0 Å². The van der Waals surface area contributed by atoms with E-state index in [2.05, 4.69) is 32.2 Å². The minimum absolute atomic E-state index is 0.431. The van der Waals surface area contributed by atoms with Crippen molar-refractivity contribution in [2.24, 2.45) is 0 Å². The Kier molecular flexibility index (Phi) is 6.11. The first-order valence-electron chi connectivity index (χ1n) is 8.08. The molecule has 3 nitrogen and oxygen atoms in total. The van der Waals surface area contributed by atoms with Gasteiger partial charge in [0.1, 0.15) is 18.1 Å². The fourth-order valence-electron chi connectivity index (χ4n) is 2.74. The second-order valence-electron chi connectivity index (χ2n) is 6.28. The van der Waals surface area contributed by atoms with Crippen molar-refractivity contribution >= 4 is 0 Å². The highest BCUT2D eigenvalue weighted by Crippen LogP contribution is 2.22. The maximum absolute atomic E-state index is 6.03. The lowest BCUT2D eigenvalue weighted by atomic mass is 10.1. The molecule has 2 rings (SSSR count). The first kappa shape index (κ1) is 15.6. The molecule has 20 heavy (non-hydrogen) atoms. The summed E-state index contributed by atoms with van der Waals surface area (Å²) in [5.74, 6) is 2.01. The molecule has 1 N–H and O–H groups in total. The Morgan fingerprint density at radius 3 is 2.60 bits per heavy atom. The first-order chi connectivity index (χ1) is 9.65. The minimum Gasteiger partial charge on any atom is -0.462 e. The van der Waals surface area contributed by atoms with E-state index in [-0.39, 0.29) is 0 Å². The van der Waals surface area contributed by atoms with Crippen LogP contribution in [-0.2, 0) is 17.9 Å². The highest BCUT2D eigenvalue weighted by molar-refractivity contribution is 5.19. The van der Waals surface area contributed by atoms with Crippen molar-refractivity contribution in [1.29, 1.82) is 0 Å². The molecule has 0 radical (unpaired) electrons. The molecule has 1 fully saturated rings. The van der Waals surface area contributed by atoms with Crippen molar-refractivity contribution in [3.63, 3.8) is 0 Å². The van der Waals surface area contributed by atoms with Crippen molar-refractivity contribution in [1.82, 2.24) is 5.32 Å². The summed E-state index contributed by atoms with van der Waals surface area (Å²) >= 11 is 0. The number of ether oxygens (including phenoxy) is 1. The number of nitrogens with one attached hydrogen (secondary N) is 1. The van der Waals surface area contributed by atoms with Gasteiger partial charge >= 0.3 is 0 Å². The molecule has 0 amide bonds. The van der Waals surface area contributed by atoms with Gasteiger partial charge < -0.3 is 14.5 Å². The molecular formula is C17H29NO2. The van der Waals surface area contributed by atoms with E-state index < -0.39 is 0 Å². The summed E-state index contributed by atoms with van der Waals surface area (Å²) in [5, 5.41) is 3.40. The van der Waals surface area contributed by atoms with Crippen molar-refractivity contribution in [3.8, 4) is 0 Å². The summed E-state index contributed by atoms with van der Waals surface area (Å²) in [6.45, 7) is 7.82. The van der Waals surface area contributed by atoms with E-state index >= 15 is 0 Å². The molecule has 114 valence electrons. The fraction of sp³-hybridized carbons (Fsp3) is 0.765. The Labute approximate surface area is 123 Å². The zero-order valence-corrected chi connectivity index (χ0v) is 13.2. The lowest BCUT2D eigenvalue weighted by molar-refractivity contribution is 0.0215. The molecule has 1 aliphatic rings. The second kappa shape index (κ2) is 7.84. The number of hydrogen-bond acceptors (Lipinski definition) is 3. The van der Waals surface area contributed by atoms with Crippen molar-refractivity contribution in [2.75, 3.05) is 0 Å². The van der Waals surface area contributed by atoms with Crippen molar-refractivity contribution in [3.05, 3.63) is 23.2 Å². The van der Waals surface area contributed by atoms with Gasteiger partial charge in [-0.05, 0) is 31.4 Å². The fourth-order valence-corrected chi connectivity index (χ4v) is 2.74. The monoisotopic (exact) mass is 279 g/mol. The molecule has 1 heterocycles. The van der Waals surface area contributed by atoms with Crippen LogP contribution in [0.3, 0.4) is 0 Å². The van der Waals surface area contributed by atoms with Crippen LogP contribution in [0.1, 0.15) is 69.5 Å². The van der Waals surface area contributed by atoms with E-state index in [1.165, 1.54) is 44.1 Å². The minimum atomic E-state index is 0.431. The molecule has 0 unspecified atom stereocenters. The van der Waals surface area contributed by atoms with Crippen molar-refractivity contribution in [2.45, 2.75) is 84.6 Å². The summed E-state index contributed by atoms with van der Waals surface area (Å²) in [6, 6.07) is 2.60. The predicted octanol–water partition coefficient (Wildman–Crippen LogP) is 4.33. The molecule has 1 aliphatic carbocycles. The summed E-state index contributed by atoms with van der Waals surface area (Å²) in [6.07, 6.45) is 8.20. The highest BCUT2D eigenvalue weighted by Gasteiger charge is 2.14. The molecule has 0 aliphatic heterocycles. The van der Waals surface area contributed by atoms with Crippen molar-refractivity contribution < 1.29 is 9.15 Å². The number of aryl methyl sites for hydroxylation is 1. The lowest BCUT2D eigenvalue weighted by Gasteiger charge is -2.14. The van der Waals surface area contributed by atoms with Crippen LogP contribution in [-0.4, -0.2) is 12.1 Å². The Morgan fingerprint density at radius 2 is 1.95 bits per heavy atom. The van der Waals surface area contributed by atoms with E-state index in [0.29, 0.717) is 18.8 Å². The number of furan rings is 1. The summed E-state index contributed by atoms with van der Waals surface area (Å²) in [5.41, 5.74) is 1.22. The Balaban J connectivity index is 1.81. The van der Waals surface area contributed by atoms with Crippen LogP contribution in [0, 0.1) is 6.92 Å². The van der Waals surface area contributed by atoms with Crippen LogP contribution in [0.2, 0.25) is 0 Å². The topological polar surface area (TPSA) is 34.4 Å². The van der Waals surface area contributed by atoms with Gasteiger partial charge in [0.2, 0.25) is 0 Å². The van der Waals surface area contributed by atoms with Gasteiger partial charge in [-0.2, -0.15) is 0 Å². The standard InChI is InChI=1S/C17H29NO2/c1-13(2)18-11-17-14(3)10-16(20-17)12-19-15-8-6-4-5-7-9-15/h10,13,15,18H,4-9,11-12H2,1-3H3. The molecule has 1 aromatic rings. The molecule has 0 spiro atoms. The third kappa shape index (κ3) is 4.95. The van der Waals surface area contributed by atoms with Gasteiger partial charge in [-0.25, -0.2) is 0 Å². The van der Waals surface area contributed by atoms with E-state index in [4.69, 9.17) is 9.15 Å². The van der Waals surface area contributed by atoms with Gasteiger partial charge in [-0.1, -0.05) is 39.5 Å². The van der Waals surface area contributed by atoms with E-state index in [1.54, 1.807) is 0 Å². The van der Waals surface area contributed by atoms with E-state index in [1.807, 2.05) is 0 Å².